The molecule has 0 aromatic rings. The van der Waals surface area contributed by atoms with Gasteiger partial charge in [-0.25, -0.2) is 0 Å². The lowest BCUT2D eigenvalue weighted by molar-refractivity contribution is -0.118. The van der Waals surface area contributed by atoms with Gasteiger partial charge in [0.25, 0.3) is 0 Å². The van der Waals surface area contributed by atoms with Gasteiger partial charge >= 0.3 is 0 Å². The van der Waals surface area contributed by atoms with Gasteiger partial charge in [-0.05, 0) is 40.2 Å². The van der Waals surface area contributed by atoms with E-state index in [1.165, 1.54) is 0 Å². The predicted octanol–water partition coefficient (Wildman–Crippen LogP) is 1.03. The molecule has 0 rings (SSSR count). The molecule has 0 fully saturated rings. The van der Waals surface area contributed by atoms with E-state index in [9.17, 15) is 4.79 Å². The standard InChI is InChI=1S/C9H20N2O/c1-9(2,3)11-7-5-4-6-8(10)12/h11H,4-7H2,1-3H3,(H2,10,12). The lowest BCUT2D eigenvalue weighted by Crippen LogP contribution is -2.36. The second kappa shape index (κ2) is 5.14. The van der Waals surface area contributed by atoms with E-state index in [-0.39, 0.29) is 11.4 Å². The fraction of sp³-hybridized carbons (Fsp3) is 0.889. The zero-order chi connectivity index (χ0) is 9.61. The highest BCUT2D eigenvalue weighted by atomic mass is 16.1. The number of hydrogen-bond donors (Lipinski definition) is 2. The minimum atomic E-state index is -0.203. The summed E-state index contributed by atoms with van der Waals surface area (Å²) in [5, 5.41) is 3.34. The summed E-state index contributed by atoms with van der Waals surface area (Å²) < 4.78 is 0. The van der Waals surface area contributed by atoms with Gasteiger partial charge in [0.15, 0.2) is 0 Å². The van der Waals surface area contributed by atoms with E-state index < -0.39 is 0 Å². The van der Waals surface area contributed by atoms with Crippen LogP contribution in [-0.4, -0.2) is 18.0 Å². The maximum Gasteiger partial charge on any atom is 0.217 e. The minimum Gasteiger partial charge on any atom is -0.370 e. The van der Waals surface area contributed by atoms with Crippen LogP contribution in [0.15, 0.2) is 0 Å². The number of nitrogens with two attached hydrogens (primary N) is 1. The molecule has 0 aromatic carbocycles. The summed E-state index contributed by atoms with van der Waals surface area (Å²) in [4.78, 5) is 10.4. The smallest absolute Gasteiger partial charge is 0.217 e. The Kier molecular flexibility index (Phi) is 4.90. The molecule has 0 unspecified atom stereocenters. The van der Waals surface area contributed by atoms with Gasteiger partial charge in [-0.15, -0.1) is 0 Å². The number of amides is 1. The fourth-order valence-electron chi connectivity index (χ4n) is 0.888. The highest BCUT2D eigenvalue weighted by Crippen LogP contribution is 2.00. The fourth-order valence-corrected chi connectivity index (χ4v) is 0.888. The first-order chi connectivity index (χ1) is 5.42. The normalized spacial score (nSPS) is 11.6. The summed E-state index contributed by atoms with van der Waals surface area (Å²) >= 11 is 0. The number of primary amides is 1. The van der Waals surface area contributed by atoms with Gasteiger partial charge in [0.1, 0.15) is 0 Å². The van der Waals surface area contributed by atoms with Gasteiger partial charge in [-0.1, -0.05) is 0 Å². The second-order valence-electron chi connectivity index (χ2n) is 4.10. The first-order valence-electron chi connectivity index (χ1n) is 4.45. The van der Waals surface area contributed by atoms with Crippen molar-refractivity contribution in [2.75, 3.05) is 6.54 Å². The van der Waals surface area contributed by atoms with Crippen LogP contribution in [-0.2, 0) is 4.79 Å². The van der Waals surface area contributed by atoms with Crippen LogP contribution >= 0.6 is 0 Å². The van der Waals surface area contributed by atoms with Gasteiger partial charge in [0.05, 0.1) is 0 Å². The minimum absolute atomic E-state index is 0.173. The summed E-state index contributed by atoms with van der Waals surface area (Å²) in [6.45, 7) is 7.33. The molecule has 0 bridgehead atoms. The predicted molar refractivity (Wildman–Crippen MR) is 50.8 cm³/mol. The second-order valence-corrected chi connectivity index (χ2v) is 4.10. The highest BCUT2D eigenvalue weighted by molar-refractivity contribution is 5.73. The molecular formula is C9H20N2O. The Labute approximate surface area is 74.7 Å². The molecule has 3 nitrogen and oxygen atoms in total. The first-order valence-corrected chi connectivity index (χ1v) is 4.45. The molecule has 0 saturated carbocycles. The molecule has 0 heterocycles. The Bertz CT molecular complexity index is 138. The van der Waals surface area contributed by atoms with Crippen molar-refractivity contribution >= 4 is 5.91 Å². The third-order valence-electron chi connectivity index (χ3n) is 1.51. The molecule has 0 aliphatic rings. The summed E-state index contributed by atoms with van der Waals surface area (Å²) in [6, 6.07) is 0. The Morgan fingerprint density at radius 1 is 1.33 bits per heavy atom. The number of unbranched alkanes of at least 4 members (excludes halogenated alkanes) is 1. The van der Waals surface area contributed by atoms with Crippen LogP contribution in [0.3, 0.4) is 0 Å². The van der Waals surface area contributed by atoms with Crippen LogP contribution in [0.5, 0.6) is 0 Å². The summed E-state index contributed by atoms with van der Waals surface area (Å²) in [5.41, 5.74) is 5.17. The summed E-state index contributed by atoms with van der Waals surface area (Å²) in [7, 11) is 0. The molecular weight excluding hydrogens is 152 g/mol. The van der Waals surface area contributed by atoms with Crippen molar-refractivity contribution in [1.82, 2.24) is 5.32 Å². The van der Waals surface area contributed by atoms with E-state index in [4.69, 9.17) is 5.73 Å². The molecule has 3 heteroatoms. The van der Waals surface area contributed by atoms with Gasteiger partial charge in [0.2, 0.25) is 5.91 Å². The number of nitrogens with one attached hydrogen (secondary N) is 1. The van der Waals surface area contributed by atoms with Gasteiger partial charge in [-0.3, -0.25) is 4.79 Å². The molecule has 3 N–H and O–H groups in total. The highest BCUT2D eigenvalue weighted by Gasteiger charge is 2.06. The third kappa shape index (κ3) is 9.43. The van der Waals surface area contributed by atoms with Crippen LogP contribution in [0.4, 0.5) is 0 Å². The first kappa shape index (κ1) is 11.4. The van der Waals surface area contributed by atoms with E-state index in [0.717, 1.165) is 19.4 Å². The van der Waals surface area contributed by atoms with Crippen LogP contribution in [0.25, 0.3) is 0 Å². The maximum absolute atomic E-state index is 10.4. The van der Waals surface area contributed by atoms with E-state index in [1.807, 2.05) is 0 Å². The monoisotopic (exact) mass is 172 g/mol. The Hall–Kier alpha value is -0.570. The number of hydrogen-bond acceptors (Lipinski definition) is 2. The molecule has 1 amide bonds. The van der Waals surface area contributed by atoms with Crippen molar-refractivity contribution in [1.29, 1.82) is 0 Å². The lowest BCUT2D eigenvalue weighted by Gasteiger charge is -2.20. The van der Waals surface area contributed by atoms with Crippen molar-refractivity contribution in [3.8, 4) is 0 Å². The zero-order valence-corrected chi connectivity index (χ0v) is 8.31. The van der Waals surface area contributed by atoms with Crippen molar-refractivity contribution in [3.63, 3.8) is 0 Å². The molecule has 0 spiro atoms. The number of carbonyl (C=O) groups excluding carboxylic acids is 1. The van der Waals surface area contributed by atoms with Crippen LogP contribution in [0.1, 0.15) is 40.0 Å². The molecule has 12 heavy (non-hydrogen) atoms. The SMILES string of the molecule is CC(C)(C)NCCCCC(N)=O. The van der Waals surface area contributed by atoms with Gasteiger partial charge in [0, 0.05) is 12.0 Å². The van der Waals surface area contributed by atoms with Crippen molar-refractivity contribution in [3.05, 3.63) is 0 Å². The van der Waals surface area contributed by atoms with Crippen LogP contribution in [0, 0.1) is 0 Å². The van der Waals surface area contributed by atoms with E-state index >= 15 is 0 Å². The van der Waals surface area contributed by atoms with Crippen LogP contribution < -0.4 is 11.1 Å². The molecule has 0 saturated heterocycles. The Balaban J connectivity index is 3.17. The van der Waals surface area contributed by atoms with Crippen molar-refractivity contribution in [2.24, 2.45) is 5.73 Å². The lowest BCUT2D eigenvalue weighted by atomic mass is 10.1. The van der Waals surface area contributed by atoms with Gasteiger partial charge in [-0.2, -0.15) is 0 Å². The summed E-state index contributed by atoms with van der Waals surface area (Å²) in [6.07, 6.45) is 2.41. The van der Waals surface area contributed by atoms with E-state index in [2.05, 4.69) is 26.1 Å². The molecule has 0 atom stereocenters. The molecule has 72 valence electrons. The van der Waals surface area contributed by atoms with Gasteiger partial charge < -0.3 is 11.1 Å². The average molecular weight is 172 g/mol. The quantitative estimate of drug-likeness (QED) is 0.608. The van der Waals surface area contributed by atoms with Crippen molar-refractivity contribution < 1.29 is 4.79 Å². The average Bonchev–Trinajstić information content (AvgIpc) is 1.83. The largest absolute Gasteiger partial charge is 0.370 e. The van der Waals surface area contributed by atoms with Crippen LogP contribution in [0.2, 0.25) is 0 Å². The maximum atomic E-state index is 10.4. The molecule has 0 aliphatic carbocycles. The molecule has 0 radical (unpaired) electrons. The van der Waals surface area contributed by atoms with E-state index in [0.29, 0.717) is 6.42 Å². The Morgan fingerprint density at radius 3 is 2.33 bits per heavy atom. The molecule has 0 aromatic heterocycles. The number of rotatable bonds is 5. The third-order valence-corrected chi connectivity index (χ3v) is 1.51. The van der Waals surface area contributed by atoms with E-state index in [1.54, 1.807) is 0 Å². The summed E-state index contributed by atoms with van der Waals surface area (Å²) in [5.74, 6) is -0.203. The zero-order valence-electron chi connectivity index (χ0n) is 8.31. The van der Waals surface area contributed by atoms with Crippen molar-refractivity contribution in [2.45, 2.75) is 45.6 Å². The topological polar surface area (TPSA) is 55.1 Å². The number of carbonyl (C=O) groups is 1. The molecule has 0 aliphatic heterocycles. The Morgan fingerprint density at radius 2 is 1.92 bits per heavy atom.